The van der Waals surface area contributed by atoms with Crippen LogP contribution in [-0.2, 0) is 11.3 Å². The third kappa shape index (κ3) is 6.06. The lowest BCUT2D eigenvalue weighted by Crippen LogP contribution is -2.37. The topological polar surface area (TPSA) is 61.6 Å². The van der Waals surface area contributed by atoms with Gasteiger partial charge in [-0.2, -0.15) is 0 Å². The van der Waals surface area contributed by atoms with Crippen LogP contribution in [0.2, 0.25) is 0 Å². The van der Waals surface area contributed by atoms with Crippen LogP contribution in [0.5, 0.6) is 11.5 Å². The number of hydrogen-bond donors (Lipinski definition) is 0. The molecule has 228 valence electrons. The minimum absolute atomic E-state index is 0.586. The number of para-hydroxylation sites is 1. The Bertz CT molecular complexity index is 1940. The van der Waals surface area contributed by atoms with Gasteiger partial charge in [-0.05, 0) is 35.7 Å². The van der Waals surface area contributed by atoms with Crippen molar-refractivity contribution in [3.05, 3.63) is 107 Å². The van der Waals surface area contributed by atoms with Gasteiger partial charge in [-0.3, -0.25) is 4.90 Å². The summed E-state index contributed by atoms with van der Waals surface area (Å²) < 4.78 is 21.1. The van der Waals surface area contributed by atoms with Crippen LogP contribution in [0.1, 0.15) is 12.0 Å². The van der Waals surface area contributed by atoms with Crippen LogP contribution in [0.25, 0.3) is 44.3 Å². The molecule has 2 aromatic heterocycles. The fraction of sp³-hybridized carbons (Fsp3) is 0.243. The first-order chi connectivity index (χ1) is 22.2. The van der Waals surface area contributed by atoms with Gasteiger partial charge in [0.25, 0.3) is 0 Å². The van der Waals surface area contributed by atoms with E-state index in [0.717, 1.165) is 88.1 Å². The molecule has 0 spiro atoms. The molecule has 7 nitrogen and oxygen atoms in total. The fourth-order valence-electron chi connectivity index (χ4n) is 6.23. The van der Waals surface area contributed by atoms with E-state index in [0.29, 0.717) is 24.7 Å². The number of methoxy groups -OCH3 is 1. The molecule has 0 radical (unpaired) electrons. The van der Waals surface area contributed by atoms with Gasteiger partial charge in [-0.1, -0.05) is 82.7 Å². The number of rotatable bonds is 10. The summed E-state index contributed by atoms with van der Waals surface area (Å²) in [6.45, 7) is 5.80. The highest BCUT2D eigenvalue weighted by atomic mass is 79.9. The Labute approximate surface area is 271 Å². The molecule has 0 bridgehead atoms. The van der Waals surface area contributed by atoms with Crippen molar-refractivity contribution in [1.82, 2.24) is 19.4 Å². The molecule has 0 aliphatic carbocycles. The van der Waals surface area contributed by atoms with Gasteiger partial charge in [0.1, 0.15) is 6.33 Å². The molecule has 0 amide bonds. The minimum atomic E-state index is 0.586. The molecule has 3 heterocycles. The smallest absolute Gasteiger partial charge is 0.162 e. The van der Waals surface area contributed by atoms with Gasteiger partial charge in [-0.25, -0.2) is 9.97 Å². The summed E-state index contributed by atoms with van der Waals surface area (Å²) in [5.41, 5.74) is 7.31. The zero-order valence-electron chi connectivity index (χ0n) is 25.3. The Kier molecular flexibility index (Phi) is 8.78. The van der Waals surface area contributed by atoms with E-state index in [1.54, 1.807) is 13.4 Å². The van der Waals surface area contributed by atoms with Crippen LogP contribution in [0.3, 0.4) is 0 Å². The summed E-state index contributed by atoms with van der Waals surface area (Å²) in [5, 5.41) is 2.05. The van der Waals surface area contributed by atoms with Crippen molar-refractivity contribution < 1.29 is 14.2 Å². The molecule has 45 heavy (non-hydrogen) atoms. The molecule has 8 heteroatoms. The first-order valence-electron chi connectivity index (χ1n) is 15.4. The zero-order valence-corrected chi connectivity index (χ0v) is 26.9. The highest BCUT2D eigenvalue weighted by Gasteiger charge is 2.24. The van der Waals surface area contributed by atoms with Gasteiger partial charge < -0.3 is 18.8 Å². The first kappa shape index (κ1) is 29.5. The van der Waals surface area contributed by atoms with Crippen molar-refractivity contribution in [1.29, 1.82) is 0 Å². The van der Waals surface area contributed by atoms with Crippen LogP contribution in [0.4, 0.5) is 0 Å². The summed E-state index contributed by atoms with van der Waals surface area (Å²) >= 11 is 3.78. The highest BCUT2D eigenvalue weighted by Crippen LogP contribution is 2.44. The van der Waals surface area contributed by atoms with E-state index in [-0.39, 0.29) is 0 Å². The lowest BCUT2D eigenvalue weighted by Gasteiger charge is -2.26. The maximum Gasteiger partial charge on any atom is 0.162 e. The quantitative estimate of drug-likeness (QED) is 0.139. The lowest BCUT2D eigenvalue weighted by atomic mass is 9.99. The highest BCUT2D eigenvalue weighted by molar-refractivity contribution is 9.10. The van der Waals surface area contributed by atoms with E-state index >= 15 is 0 Å². The van der Waals surface area contributed by atoms with Gasteiger partial charge in [0.2, 0.25) is 0 Å². The van der Waals surface area contributed by atoms with E-state index in [1.165, 1.54) is 5.56 Å². The normalized spacial score (nSPS) is 13.8. The molecular weight excluding hydrogens is 628 g/mol. The summed E-state index contributed by atoms with van der Waals surface area (Å²) in [5.74, 6) is 1.36. The fourth-order valence-corrected chi connectivity index (χ4v) is 6.64. The van der Waals surface area contributed by atoms with Crippen LogP contribution in [-0.4, -0.2) is 66.0 Å². The molecule has 0 atom stereocenters. The Morgan fingerprint density at radius 1 is 0.844 bits per heavy atom. The second kappa shape index (κ2) is 13.4. The molecule has 1 saturated heterocycles. The lowest BCUT2D eigenvalue weighted by molar-refractivity contribution is 0.0357. The van der Waals surface area contributed by atoms with Crippen molar-refractivity contribution in [2.24, 2.45) is 0 Å². The predicted octanol–water partition coefficient (Wildman–Crippen LogP) is 7.84. The largest absolute Gasteiger partial charge is 0.493 e. The second-order valence-corrected chi connectivity index (χ2v) is 12.0. The van der Waals surface area contributed by atoms with E-state index in [4.69, 9.17) is 19.2 Å². The Hall–Kier alpha value is -4.24. The molecular formula is C37H35BrN4O3. The average Bonchev–Trinajstić information content (AvgIpc) is 3.41. The number of ether oxygens (including phenoxy) is 3. The van der Waals surface area contributed by atoms with Gasteiger partial charge in [0.05, 0.1) is 43.8 Å². The number of fused-ring (bicyclic) bond motifs is 2. The van der Waals surface area contributed by atoms with Crippen LogP contribution >= 0.6 is 15.9 Å². The SMILES string of the molecule is COc1cc2ncnc(-c3c(-c4ccccc4)n(Cc4ccccc4Br)c4ccccc34)c2cc1OCCCN1CCOCC1. The van der Waals surface area contributed by atoms with Gasteiger partial charge in [-0.15, -0.1) is 0 Å². The number of hydrogen-bond acceptors (Lipinski definition) is 6. The number of halogens is 1. The van der Waals surface area contributed by atoms with Crippen molar-refractivity contribution in [2.75, 3.05) is 46.6 Å². The van der Waals surface area contributed by atoms with Crippen molar-refractivity contribution in [3.63, 3.8) is 0 Å². The third-order valence-electron chi connectivity index (χ3n) is 8.44. The van der Waals surface area contributed by atoms with Crippen molar-refractivity contribution >= 4 is 37.7 Å². The Morgan fingerprint density at radius 2 is 1.62 bits per heavy atom. The average molecular weight is 664 g/mol. The molecule has 1 aliphatic rings. The van der Waals surface area contributed by atoms with E-state index in [9.17, 15) is 0 Å². The van der Waals surface area contributed by atoms with E-state index in [2.05, 4.69) is 109 Å². The van der Waals surface area contributed by atoms with Gasteiger partial charge in [0.15, 0.2) is 11.5 Å². The molecule has 1 aliphatic heterocycles. The van der Waals surface area contributed by atoms with Crippen molar-refractivity contribution in [3.8, 4) is 34.0 Å². The Balaban J connectivity index is 1.36. The molecule has 0 unspecified atom stereocenters. The standard InChI is InChI=1S/C37H35BrN4O3/c1-43-33-23-31-29(22-34(33)45-19-9-16-41-17-20-44-21-18-41)36(40-25-39-31)35-28-13-6-8-15-32(28)42(24-27-12-5-7-14-30(27)38)37(35)26-10-3-2-4-11-26/h2-8,10-15,22-23,25H,9,16-21,24H2,1H3. The van der Waals surface area contributed by atoms with E-state index in [1.807, 2.05) is 12.1 Å². The molecule has 0 N–H and O–H groups in total. The van der Waals surface area contributed by atoms with Gasteiger partial charge >= 0.3 is 0 Å². The summed E-state index contributed by atoms with van der Waals surface area (Å²) in [4.78, 5) is 12.0. The van der Waals surface area contributed by atoms with Crippen LogP contribution < -0.4 is 9.47 Å². The summed E-state index contributed by atoms with van der Waals surface area (Å²) in [7, 11) is 1.67. The molecule has 0 saturated carbocycles. The number of benzene rings is 4. The first-order valence-corrected chi connectivity index (χ1v) is 16.2. The number of nitrogens with zero attached hydrogens (tertiary/aromatic N) is 4. The summed E-state index contributed by atoms with van der Waals surface area (Å²) in [6.07, 6.45) is 2.56. The third-order valence-corrected chi connectivity index (χ3v) is 9.22. The molecule has 7 rings (SSSR count). The molecule has 1 fully saturated rings. The second-order valence-electron chi connectivity index (χ2n) is 11.2. The zero-order chi connectivity index (χ0) is 30.6. The monoisotopic (exact) mass is 662 g/mol. The van der Waals surface area contributed by atoms with Crippen molar-refractivity contribution in [2.45, 2.75) is 13.0 Å². The van der Waals surface area contributed by atoms with Crippen LogP contribution in [0.15, 0.2) is 102 Å². The van der Waals surface area contributed by atoms with E-state index < -0.39 is 0 Å². The number of morpholine rings is 1. The minimum Gasteiger partial charge on any atom is -0.493 e. The summed E-state index contributed by atoms with van der Waals surface area (Å²) in [6, 6.07) is 31.6. The maximum absolute atomic E-state index is 6.37. The molecule has 4 aromatic carbocycles. The predicted molar refractivity (Wildman–Crippen MR) is 183 cm³/mol. The Morgan fingerprint density at radius 3 is 2.44 bits per heavy atom. The van der Waals surface area contributed by atoms with Gasteiger partial charge in [0, 0.05) is 58.6 Å². The molecule has 6 aromatic rings. The van der Waals surface area contributed by atoms with Crippen LogP contribution in [0, 0.1) is 0 Å². The maximum atomic E-state index is 6.37. The number of aromatic nitrogens is 3.